The van der Waals surface area contributed by atoms with E-state index in [1.165, 1.54) is 21.8 Å². The molecule has 0 atom stereocenters. The Morgan fingerprint density at radius 3 is 2.52 bits per heavy atom. The summed E-state index contributed by atoms with van der Waals surface area (Å²) in [7, 11) is 0. The molecule has 8 heteroatoms. The number of thiophene rings is 1. The minimum absolute atomic E-state index is 0.0167. The van der Waals surface area contributed by atoms with Crippen LogP contribution < -0.4 is 10.9 Å². The van der Waals surface area contributed by atoms with Gasteiger partial charge in [-0.3, -0.25) is 20.4 Å². The zero-order valence-corrected chi connectivity index (χ0v) is 17.5. The summed E-state index contributed by atoms with van der Waals surface area (Å²) in [5, 5.41) is 8.25. The molecule has 1 aliphatic carbocycles. The summed E-state index contributed by atoms with van der Waals surface area (Å²) in [5.74, 6) is -0.776. The zero-order valence-electron chi connectivity index (χ0n) is 16.7. The highest BCUT2D eigenvalue weighted by atomic mass is 32.1. The summed E-state index contributed by atoms with van der Waals surface area (Å²) in [5.41, 5.74) is 9.10. The second-order valence-electron chi connectivity index (χ2n) is 7.55. The van der Waals surface area contributed by atoms with Crippen molar-refractivity contribution in [2.75, 3.05) is 0 Å². The summed E-state index contributed by atoms with van der Waals surface area (Å²) in [6.45, 7) is 5.97. The summed E-state index contributed by atoms with van der Waals surface area (Å²) >= 11 is 1.49. The fourth-order valence-corrected chi connectivity index (χ4v) is 4.67. The number of hydrazine groups is 1. The maximum atomic E-state index is 12.7. The SMILES string of the molecule is Cc1ccc(-n2nnc(C(=O)NNC(=O)c3cc4c(s3)CCC4)c2C(C)C)cc1. The van der Waals surface area contributed by atoms with Gasteiger partial charge in [0, 0.05) is 4.88 Å². The second kappa shape index (κ2) is 7.79. The van der Waals surface area contributed by atoms with Crippen molar-refractivity contribution in [3.8, 4) is 5.69 Å². The van der Waals surface area contributed by atoms with Gasteiger partial charge in [-0.15, -0.1) is 16.4 Å². The van der Waals surface area contributed by atoms with Crippen LogP contribution in [0.5, 0.6) is 0 Å². The predicted molar refractivity (Wildman–Crippen MR) is 111 cm³/mol. The number of nitrogens with one attached hydrogen (secondary N) is 2. The quantitative estimate of drug-likeness (QED) is 0.647. The van der Waals surface area contributed by atoms with E-state index in [2.05, 4.69) is 21.2 Å². The van der Waals surface area contributed by atoms with Crippen molar-refractivity contribution in [3.05, 3.63) is 62.6 Å². The monoisotopic (exact) mass is 409 g/mol. The van der Waals surface area contributed by atoms with Crippen LogP contribution in [0.3, 0.4) is 0 Å². The van der Waals surface area contributed by atoms with E-state index in [1.54, 1.807) is 4.68 Å². The van der Waals surface area contributed by atoms with Crippen molar-refractivity contribution < 1.29 is 9.59 Å². The van der Waals surface area contributed by atoms with Crippen molar-refractivity contribution in [1.29, 1.82) is 0 Å². The molecule has 0 saturated heterocycles. The average Bonchev–Trinajstić information content (AvgIpc) is 3.40. The van der Waals surface area contributed by atoms with Gasteiger partial charge in [0.15, 0.2) is 5.69 Å². The molecule has 2 N–H and O–H groups in total. The van der Waals surface area contributed by atoms with E-state index in [0.29, 0.717) is 10.6 Å². The van der Waals surface area contributed by atoms with Crippen LogP contribution in [0.2, 0.25) is 0 Å². The van der Waals surface area contributed by atoms with Gasteiger partial charge in [-0.25, -0.2) is 4.68 Å². The second-order valence-corrected chi connectivity index (χ2v) is 8.68. The van der Waals surface area contributed by atoms with E-state index < -0.39 is 5.91 Å². The molecule has 0 bridgehead atoms. The number of amides is 2. The van der Waals surface area contributed by atoms with Gasteiger partial charge in [0.2, 0.25) is 0 Å². The predicted octanol–water partition coefficient (Wildman–Crippen LogP) is 3.32. The van der Waals surface area contributed by atoms with E-state index in [9.17, 15) is 9.59 Å². The molecule has 0 fully saturated rings. The molecular weight excluding hydrogens is 386 g/mol. The third-order valence-electron chi connectivity index (χ3n) is 5.01. The highest BCUT2D eigenvalue weighted by Crippen LogP contribution is 2.30. The minimum Gasteiger partial charge on any atom is -0.266 e. The fraction of sp³-hybridized carbons (Fsp3) is 0.333. The number of aryl methyl sites for hydroxylation is 3. The normalized spacial score (nSPS) is 12.8. The smallest absolute Gasteiger partial charge is 0.266 e. The maximum Gasteiger partial charge on any atom is 0.292 e. The molecule has 3 aromatic rings. The van der Waals surface area contributed by atoms with Crippen molar-refractivity contribution in [2.45, 2.75) is 46.0 Å². The first-order valence-corrected chi connectivity index (χ1v) is 10.5. The molecule has 2 aromatic heterocycles. The lowest BCUT2D eigenvalue weighted by Crippen LogP contribution is -2.42. The number of benzene rings is 1. The highest BCUT2D eigenvalue weighted by molar-refractivity contribution is 7.14. The van der Waals surface area contributed by atoms with Crippen LogP contribution >= 0.6 is 11.3 Å². The van der Waals surface area contributed by atoms with Crippen molar-refractivity contribution in [3.63, 3.8) is 0 Å². The molecule has 1 aliphatic rings. The Balaban J connectivity index is 1.50. The Morgan fingerprint density at radius 1 is 1.10 bits per heavy atom. The lowest BCUT2D eigenvalue weighted by atomic mass is 10.1. The first kappa shape index (κ1) is 19.3. The summed E-state index contributed by atoms with van der Waals surface area (Å²) in [4.78, 5) is 27.0. The topological polar surface area (TPSA) is 88.9 Å². The van der Waals surface area contributed by atoms with Gasteiger partial charge in [-0.2, -0.15) is 0 Å². The summed E-state index contributed by atoms with van der Waals surface area (Å²) < 4.78 is 1.67. The van der Waals surface area contributed by atoms with Crippen LogP contribution in [0.25, 0.3) is 5.69 Å². The number of fused-ring (bicyclic) bond motifs is 1. The van der Waals surface area contributed by atoms with E-state index in [0.717, 1.165) is 30.5 Å². The number of rotatable bonds is 4. The summed E-state index contributed by atoms with van der Waals surface area (Å²) in [6.07, 6.45) is 3.19. The van der Waals surface area contributed by atoms with Crippen LogP contribution in [-0.4, -0.2) is 26.8 Å². The van der Waals surface area contributed by atoms with E-state index in [1.807, 2.05) is 51.1 Å². The largest absolute Gasteiger partial charge is 0.292 e. The Hall–Kier alpha value is -3.00. The molecule has 7 nitrogen and oxygen atoms in total. The highest BCUT2D eigenvalue weighted by Gasteiger charge is 2.24. The lowest BCUT2D eigenvalue weighted by molar-refractivity contribution is 0.0845. The van der Waals surface area contributed by atoms with Crippen LogP contribution in [-0.2, 0) is 12.8 Å². The average molecular weight is 410 g/mol. The van der Waals surface area contributed by atoms with Gasteiger partial charge in [-0.05, 0) is 55.9 Å². The molecule has 0 saturated carbocycles. The van der Waals surface area contributed by atoms with Gasteiger partial charge in [0.1, 0.15) is 0 Å². The Kier molecular flexibility index (Phi) is 5.19. The van der Waals surface area contributed by atoms with Gasteiger partial charge in [-0.1, -0.05) is 36.8 Å². The molecule has 150 valence electrons. The first-order chi connectivity index (χ1) is 13.9. The molecule has 0 radical (unpaired) electrons. The standard InChI is InChI=1S/C21H23N5O2S/c1-12(2)19-18(22-25-26(19)15-9-7-13(3)8-10-15)21(28)24-23-20(27)17-11-14-5-4-6-16(14)29-17/h7-12H,4-6H2,1-3H3,(H,23,27)(H,24,28). The van der Waals surface area contributed by atoms with Crippen LogP contribution in [0.4, 0.5) is 0 Å². The molecule has 4 rings (SSSR count). The van der Waals surface area contributed by atoms with Crippen molar-refractivity contribution >= 4 is 23.2 Å². The molecule has 0 aliphatic heterocycles. The Bertz CT molecular complexity index is 1040. The zero-order chi connectivity index (χ0) is 20.5. The molecular formula is C21H23N5O2S. The fourth-order valence-electron chi connectivity index (χ4n) is 3.52. The molecule has 0 unspecified atom stereocenters. The molecule has 2 heterocycles. The Labute approximate surface area is 173 Å². The first-order valence-electron chi connectivity index (χ1n) is 9.69. The minimum atomic E-state index is -0.482. The third kappa shape index (κ3) is 3.80. The maximum absolute atomic E-state index is 12.7. The number of nitrogens with zero attached hydrogens (tertiary/aromatic N) is 3. The van der Waals surface area contributed by atoms with Gasteiger partial charge in [0.05, 0.1) is 16.3 Å². The van der Waals surface area contributed by atoms with Crippen LogP contribution in [0.15, 0.2) is 30.3 Å². The number of hydrogen-bond donors (Lipinski definition) is 2. The van der Waals surface area contributed by atoms with Crippen molar-refractivity contribution in [1.82, 2.24) is 25.8 Å². The molecule has 0 spiro atoms. The Morgan fingerprint density at radius 2 is 1.83 bits per heavy atom. The van der Waals surface area contributed by atoms with Crippen LogP contribution in [0, 0.1) is 6.92 Å². The van der Waals surface area contributed by atoms with Gasteiger partial charge in [0.25, 0.3) is 11.8 Å². The van der Waals surface area contributed by atoms with Gasteiger partial charge >= 0.3 is 0 Å². The number of aromatic nitrogens is 3. The van der Waals surface area contributed by atoms with Gasteiger partial charge < -0.3 is 0 Å². The number of carbonyl (C=O) groups excluding carboxylic acids is 2. The van der Waals surface area contributed by atoms with E-state index >= 15 is 0 Å². The van der Waals surface area contributed by atoms with Crippen molar-refractivity contribution in [2.24, 2.45) is 0 Å². The number of hydrogen-bond acceptors (Lipinski definition) is 5. The third-order valence-corrected chi connectivity index (χ3v) is 6.24. The van der Waals surface area contributed by atoms with E-state index in [4.69, 9.17) is 0 Å². The summed E-state index contributed by atoms with van der Waals surface area (Å²) in [6, 6.07) is 9.77. The lowest BCUT2D eigenvalue weighted by Gasteiger charge is -2.11. The molecule has 2 amide bonds. The molecule has 29 heavy (non-hydrogen) atoms. The van der Waals surface area contributed by atoms with Crippen LogP contribution in [0.1, 0.15) is 68.0 Å². The number of carbonyl (C=O) groups is 2. The molecule has 1 aromatic carbocycles. The van der Waals surface area contributed by atoms with E-state index in [-0.39, 0.29) is 17.5 Å².